The number of fused-ring (bicyclic) bond motifs is 3. The van der Waals surface area contributed by atoms with Gasteiger partial charge in [0, 0.05) is 5.56 Å². The minimum atomic E-state index is 0.990. The van der Waals surface area contributed by atoms with E-state index in [2.05, 4.69) is 49.2 Å². The van der Waals surface area contributed by atoms with Crippen LogP contribution in [-0.4, -0.2) is 0 Å². The maximum atomic E-state index is 5.52. The molecule has 0 radical (unpaired) electrons. The van der Waals surface area contributed by atoms with Crippen molar-refractivity contribution in [3.8, 4) is 23.5 Å². The van der Waals surface area contributed by atoms with E-state index in [-0.39, 0.29) is 0 Å². The second-order valence-corrected chi connectivity index (χ2v) is 6.70. The van der Waals surface area contributed by atoms with Crippen molar-refractivity contribution in [2.24, 2.45) is 0 Å². The Morgan fingerprint density at radius 3 is 2.35 bits per heavy atom. The molecular weight excluding hydrogens is 276 g/mol. The van der Waals surface area contributed by atoms with E-state index in [1.165, 1.54) is 72.8 Å². The van der Waals surface area contributed by atoms with Gasteiger partial charge in [-0.25, -0.2) is 0 Å². The Balaban J connectivity index is 1.62. The van der Waals surface area contributed by atoms with Crippen LogP contribution in [-0.2, 0) is 12.8 Å². The first-order valence-corrected chi connectivity index (χ1v) is 9.03. The zero-order chi connectivity index (χ0) is 16.1. The van der Waals surface area contributed by atoms with Gasteiger partial charge in [0.1, 0.15) is 0 Å². The van der Waals surface area contributed by atoms with Crippen molar-refractivity contribution in [2.45, 2.75) is 58.3 Å². The fourth-order valence-corrected chi connectivity index (χ4v) is 3.62. The molecule has 2 aromatic rings. The summed E-state index contributed by atoms with van der Waals surface area (Å²) < 4.78 is 0. The van der Waals surface area contributed by atoms with E-state index in [9.17, 15) is 0 Å². The van der Waals surface area contributed by atoms with E-state index in [4.69, 9.17) is 6.42 Å². The lowest BCUT2D eigenvalue weighted by atomic mass is 9.99. The topological polar surface area (TPSA) is 0 Å². The van der Waals surface area contributed by atoms with Crippen LogP contribution in [0.2, 0.25) is 0 Å². The first-order valence-electron chi connectivity index (χ1n) is 9.03. The normalized spacial score (nSPS) is 11.8. The molecule has 0 N–H and O–H groups in total. The van der Waals surface area contributed by atoms with Gasteiger partial charge in [-0.2, -0.15) is 0 Å². The number of rotatable bonds is 7. The van der Waals surface area contributed by atoms with Crippen LogP contribution in [0, 0.1) is 12.3 Å². The quantitative estimate of drug-likeness (QED) is 0.363. The van der Waals surface area contributed by atoms with Crippen LogP contribution in [0.3, 0.4) is 0 Å². The van der Waals surface area contributed by atoms with Crippen molar-refractivity contribution in [1.82, 2.24) is 0 Å². The van der Waals surface area contributed by atoms with Gasteiger partial charge < -0.3 is 0 Å². The Morgan fingerprint density at radius 1 is 0.870 bits per heavy atom. The Labute approximate surface area is 140 Å². The third-order valence-corrected chi connectivity index (χ3v) is 4.93. The number of unbranched alkanes of at least 4 members (excludes halogenated alkanes) is 5. The molecule has 23 heavy (non-hydrogen) atoms. The van der Waals surface area contributed by atoms with E-state index < -0.39 is 0 Å². The highest BCUT2D eigenvalue weighted by atomic mass is 14.2. The van der Waals surface area contributed by atoms with Crippen molar-refractivity contribution in [3.63, 3.8) is 0 Å². The monoisotopic (exact) mass is 302 g/mol. The molecular formula is C23H26. The van der Waals surface area contributed by atoms with Gasteiger partial charge in [-0.3, -0.25) is 0 Å². The zero-order valence-corrected chi connectivity index (χ0v) is 14.2. The summed E-state index contributed by atoms with van der Waals surface area (Å²) in [5.41, 5.74) is 8.10. The van der Waals surface area contributed by atoms with Gasteiger partial charge in [-0.1, -0.05) is 69.2 Å². The Kier molecular flexibility index (Phi) is 5.19. The first kappa shape index (κ1) is 15.9. The van der Waals surface area contributed by atoms with Gasteiger partial charge in [0.05, 0.1) is 0 Å². The molecule has 118 valence electrons. The summed E-state index contributed by atoms with van der Waals surface area (Å²) in [5.74, 6) is 2.74. The molecule has 0 bridgehead atoms. The SMILES string of the molecule is C#Cc1ccc2c(c1)Cc1cc(CCCCCCCC)ccc1-2. The molecule has 0 aromatic heterocycles. The van der Waals surface area contributed by atoms with Crippen LogP contribution >= 0.6 is 0 Å². The predicted octanol–water partition coefficient (Wildman–Crippen LogP) is 6.14. The highest BCUT2D eigenvalue weighted by Gasteiger charge is 2.18. The average Bonchev–Trinajstić information content (AvgIpc) is 2.94. The summed E-state index contributed by atoms with van der Waals surface area (Å²) in [7, 11) is 0. The maximum Gasteiger partial charge on any atom is 0.0245 e. The first-order chi connectivity index (χ1) is 11.3. The highest BCUT2D eigenvalue weighted by molar-refractivity contribution is 5.77. The molecule has 0 amide bonds. The standard InChI is InChI=1S/C23H26/c1-3-5-6-7-8-9-10-19-12-14-23-21(16-19)17-20-15-18(4-2)11-13-22(20)23/h2,11-16H,3,5-10,17H2,1H3. The number of hydrogen-bond acceptors (Lipinski definition) is 0. The third kappa shape index (κ3) is 3.67. The second-order valence-electron chi connectivity index (χ2n) is 6.70. The molecule has 0 saturated heterocycles. The van der Waals surface area contributed by atoms with Crippen molar-refractivity contribution in [1.29, 1.82) is 0 Å². The predicted molar refractivity (Wildman–Crippen MR) is 99.7 cm³/mol. The molecule has 2 aromatic carbocycles. The van der Waals surface area contributed by atoms with Gasteiger partial charge in [0.15, 0.2) is 0 Å². The minimum absolute atomic E-state index is 0.990. The molecule has 1 aliphatic rings. The summed E-state index contributed by atoms with van der Waals surface area (Å²) in [6, 6.07) is 13.4. The lowest BCUT2D eigenvalue weighted by molar-refractivity contribution is 0.607. The molecule has 0 fully saturated rings. The van der Waals surface area contributed by atoms with Crippen molar-refractivity contribution in [2.75, 3.05) is 0 Å². The zero-order valence-electron chi connectivity index (χ0n) is 14.2. The van der Waals surface area contributed by atoms with Crippen LogP contribution < -0.4 is 0 Å². The molecule has 0 nitrogen and oxygen atoms in total. The summed E-state index contributed by atoms with van der Waals surface area (Å²) in [6.45, 7) is 2.27. The van der Waals surface area contributed by atoms with Crippen molar-refractivity contribution in [3.05, 3.63) is 58.7 Å². The summed E-state index contributed by atoms with van der Waals surface area (Å²) >= 11 is 0. The van der Waals surface area contributed by atoms with Gasteiger partial charge in [0.25, 0.3) is 0 Å². The molecule has 0 heteroatoms. The van der Waals surface area contributed by atoms with Crippen LogP contribution in [0.4, 0.5) is 0 Å². The van der Waals surface area contributed by atoms with Crippen LogP contribution in [0.5, 0.6) is 0 Å². The van der Waals surface area contributed by atoms with Crippen molar-refractivity contribution >= 4 is 0 Å². The lowest BCUT2D eigenvalue weighted by Crippen LogP contribution is -1.89. The lowest BCUT2D eigenvalue weighted by Gasteiger charge is -2.06. The number of hydrogen-bond donors (Lipinski definition) is 0. The fraction of sp³-hybridized carbons (Fsp3) is 0.391. The molecule has 0 heterocycles. The van der Waals surface area contributed by atoms with Gasteiger partial charge in [0.2, 0.25) is 0 Å². The van der Waals surface area contributed by atoms with Crippen LogP contribution in [0.25, 0.3) is 11.1 Å². The summed E-state index contributed by atoms with van der Waals surface area (Å²) in [6.07, 6.45) is 15.9. The smallest absolute Gasteiger partial charge is 0.0245 e. The van der Waals surface area contributed by atoms with Gasteiger partial charge in [-0.05, 0) is 59.2 Å². The second kappa shape index (κ2) is 7.51. The van der Waals surface area contributed by atoms with E-state index >= 15 is 0 Å². The van der Waals surface area contributed by atoms with E-state index in [1.54, 1.807) is 0 Å². The van der Waals surface area contributed by atoms with E-state index in [0.29, 0.717) is 0 Å². The molecule has 0 saturated carbocycles. The number of terminal acetylenes is 1. The molecule has 0 spiro atoms. The summed E-state index contributed by atoms with van der Waals surface area (Å²) in [4.78, 5) is 0. The molecule has 1 aliphatic carbocycles. The third-order valence-electron chi connectivity index (χ3n) is 4.93. The van der Waals surface area contributed by atoms with E-state index in [0.717, 1.165) is 12.0 Å². The maximum absolute atomic E-state index is 5.52. The molecule has 0 atom stereocenters. The average molecular weight is 302 g/mol. The van der Waals surface area contributed by atoms with Crippen LogP contribution in [0.1, 0.15) is 67.7 Å². The molecule has 0 aliphatic heterocycles. The van der Waals surface area contributed by atoms with E-state index in [1.807, 2.05) is 0 Å². The number of aryl methyl sites for hydroxylation is 1. The minimum Gasteiger partial charge on any atom is -0.115 e. The largest absolute Gasteiger partial charge is 0.115 e. The van der Waals surface area contributed by atoms with Gasteiger partial charge >= 0.3 is 0 Å². The fourth-order valence-electron chi connectivity index (χ4n) is 3.62. The Morgan fingerprint density at radius 2 is 1.57 bits per heavy atom. The Bertz CT molecular complexity index is 715. The van der Waals surface area contributed by atoms with Gasteiger partial charge in [-0.15, -0.1) is 6.42 Å². The highest BCUT2D eigenvalue weighted by Crippen LogP contribution is 2.37. The van der Waals surface area contributed by atoms with Crippen molar-refractivity contribution < 1.29 is 0 Å². The summed E-state index contributed by atoms with van der Waals surface area (Å²) in [5, 5.41) is 0. The Hall–Kier alpha value is -2.00. The van der Waals surface area contributed by atoms with Crippen LogP contribution in [0.15, 0.2) is 36.4 Å². The molecule has 3 rings (SSSR count). The number of benzene rings is 2. The molecule has 0 unspecified atom stereocenters.